The first kappa shape index (κ1) is 24.8. The number of nitrogens with zero attached hydrogens (tertiary/aromatic N) is 2. The molecule has 2 rings (SSSR count). The number of esters is 1. The van der Waals surface area contributed by atoms with Crippen molar-refractivity contribution < 1.29 is 27.5 Å². The lowest BCUT2D eigenvalue weighted by molar-refractivity contribution is -0.155. The Hall–Kier alpha value is -2.46. The molecule has 1 saturated heterocycles. The first-order valence-electron chi connectivity index (χ1n) is 10.2. The van der Waals surface area contributed by atoms with E-state index in [0.717, 1.165) is 9.21 Å². The second-order valence-corrected chi connectivity index (χ2v) is 10.5. The van der Waals surface area contributed by atoms with Gasteiger partial charge in [-0.25, -0.2) is 8.42 Å². The first-order valence-corrected chi connectivity index (χ1v) is 11.6. The molecular weight excluding hydrogens is 422 g/mol. The topological polar surface area (TPSA) is 113 Å². The number of sulfonamides is 1. The molecule has 1 heterocycles. The molecule has 9 nitrogen and oxygen atoms in total. The maximum atomic E-state index is 13.0. The number of carbonyl (C=O) groups is 3. The van der Waals surface area contributed by atoms with Gasteiger partial charge in [-0.05, 0) is 52.2 Å². The van der Waals surface area contributed by atoms with Gasteiger partial charge in [0.15, 0.2) is 6.61 Å². The van der Waals surface area contributed by atoms with E-state index in [1.54, 1.807) is 18.2 Å². The monoisotopic (exact) mass is 453 g/mol. The van der Waals surface area contributed by atoms with Gasteiger partial charge in [-0.3, -0.25) is 14.4 Å². The van der Waals surface area contributed by atoms with Crippen LogP contribution >= 0.6 is 0 Å². The zero-order chi connectivity index (χ0) is 23.2. The van der Waals surface area contributed by atoms with E-state index < -0.39 is 40.1 Å². The van der Waals surface area contributed by atoms with Crippen molar-refractivity contribution in [3.05, 3.63) is 30.3 Å². The number of ether oxygens (including phenoxy) is 1. The molecule has 1 aromatic rings. The highest BCUT2D eigenvalue weighted by Gasteiger charge is 2.38. The highest BCUT2D eigenvalue weighted by Crippen LogP contribution is 2.26. The number of nitrogens with one attached hydrogen (secondary N) is 1. The van der Waals surface area contributed by atoms with Gasteiger partial charge >= 0.3 is 5.97 Å². The largest absolute Gasteiger partial charge is 0.454 e. The van der Waals surface area contributed by atoms with E-state index >= 15 is 0 Å². The quantitative estimate of drug-likeness (QED) is 0.620. The summed E-state index contributed by atoms with van der Waals surface area (Å²) in [5.74, 6) is -1.65. The number of amides is 2. The molecule has 1 fully saturated rings. The molecule has 1 N–H and O–H groups in total. The van der Waals surface area contributed by atoms with Crippen LogP contribution in [0.5, 0.6) is 0 Å². The lowest BCUT2D eigenvalue weighted by Gasteiger charge is -2.33. The van der Waals surface area contributed by atoms with Crippen molar-refractivity contribution in [3.63, 3.8) is 0 Å². The Labute approximate surface area is 183 Å². The van der Waals surface area contributed by atoms with Crippen molar-refractivity contribution in [2.75, 3.05) is 26.7 Å². The predicted octanol–water partition coefficient (Wildman–Crippen LogP) is 1.15. The zero-order valence-corrected chi connectivity index (χ0v) is 19.3. The van der Waals surface area contributed by atoms with E-state index in [1.165, 1.54) is 19.2 Å². The van der Waals surface area contributed by atoms with E-state index in [2.05, 4.69) is 5.32 Å². The Morgan fingerprint density at radius 3 is 2.42 bits per heavy atom. The second-order valence-electron chi connectivity index (χ2n) is 8.60. The second kappa shape index (κ2) is 10.2. The maximum absolute atomic E-state index is 13.0. The highest BCUT2D eigenvalue weighted by atomic mass is 32.2. The maximum Gasteiger partial charge on any atom is 0.324 e. The number of carbonyl (C=O) groups excluding carboxylic acids is 3. The fourth-order valence-corrected chi connectivity index (χ4v) is 4.92. The van der Waals surface area contributed by atoms with Gasteiger partial charge in [0.1, 0.15) is 6.04 Å². The molecule has 1 aliphatic rings. The molecule has 1 aliphatic heterocycles. The average molecular weight is 454 g/mol. The minimum atomic E-state index is -3.86. The SMILES string of the molecule is CN(CC(=O)NC(C)(C)C)C(=O)COC(=O)C1CCCCN1S(=O)(=O)c1ccccc1. The van der Waals surface area contributed by atoms with Gasteiger partial charge in [-0.1, -0.05) is 18.2 Å². The molecule has 0 bridgehead atoms. The van der Waals surface area contributed by atoms with E-state index in [9.17, 15) is 22.8 Å². The molecule has 0 saturated carbocycles. The summed E-state index contributed by atoms with van der Waals surface area (Å²) in [6, 6.07) is 6.93. The summed E-state index contributed by atoms with van der Waals surface area (Å²) in [7, 11) is -2.42. The minimum Gasteiger partial charge on any atom is -0.454 e. The van der Waals surface area contributed by atoms with Crippen molar-refractivity contribution in [3.8, 4) is 0 Å². The van der Waals surface area contributed by atoms with Gasteiger partial charge in [0, 0.05) is 19.1 Å². The molecule has 0 radical (unpaired) electrons. The smallest absolute Gasteiger partial charge is 0.324 e. The lowest BCUT2D eigenvalue weighted by atomic mass is 10.1. The third-order valence-corrected chi connectivity index (χ3v) is 6.66. The number of rotatable bonds is 7. The third-order valence-electron chi connectivity index (χ3n) is 4.73. The van der Waals surface area contributed by atoms with Crippen LogP contribution in [0.4, 0.5) is 0 Å². The van der Waals surface area contributed by atoms with Gasteiger partial charge in [0.2, 0.25) is 15.9 Å². The number of hydrogen-bond acceptors (Lipinski definition) is 6. The van der Waals surface area contributed by atoms with Gasteiger partial charge in [-0.2, -0.15) is 4.31 Å². The summed E-state index contributed by atoms with van der Waals surface area (Å²) < 4.78 is 32.3. The average Bonchev–Trinajstić information content (AvgIpc) is 2.70. The molecule has 10 heteroatoms. The molecule has 0 aromatic heterocycles. The lowest BCUT2D eigenvalue weighted by Crippen LogP contribution is -2.49. The number of likely N-dealkylation sites (N-methyl/N-ethyl adjacent to an activating group) is 1. The van der Waals surface area contributed by atoms with Crippen molar-refractivity contribution >= 4 is 27.8 Å². The number of piperidine rings is 1. The zero-order valence-electron chi connectivity index (χ0n) is 18.5. The Bertz CT molecular complexity index is 895. The fourth-order valence-electron chi connectivity index (χ4n) is 3.26. The van der Waals surface area contributed by atoms with Gasteiger partial charge in [-0.15, -0.1) is 0 Å². The molecule has 2 amide bonds. The Morgan fingerprint density at radius 2 is 1.81 bits per heavy atom. The predicted molar refractivity (Wildman–Crippen MR) is 114 cm³/mol. The van der Waals surface area contributed by atoms with Crippen LogP contribution in [0.1, 0.15) is 40.0 Å². The van der Waals surface area contributed by atoms with Crippen molar-refractivity contribution in [1.29, 1.82) is 0 Å². The summed E-state index contributed by atoms with van der Waals surface area (Å²) in [5, 5.41) is 2.75. The van der Waals surface area contributed by atoms with Crippen molar-refractivity contribution in [1.82, 2.24) is 14.5 Å². The molecule has 0 aliphatic carbocycles. The van der Waals surface area contributed by atoms with E-state index in [4.69, 9.17) is 4.74 Å². The molecule has 1 atom stereocenters. The summed E-state index contributed by atoms with van der Waals surface area (Å²) in [5.41, 5.74) is -0.428. The standard InChI is InChI=1S/C21H31N3O6S/c1-21(2,3)22-18(25)14-23(4)19(26)15-30-20(27)17-12-8-9-13-24(17)31(28,29)16-10-6-5-7-11-16/h5-7,10-11,17H,8-9,12-15H2,1-4H3,(H,22,25). The van der Waals surface area contributed by atoms with Crippen LogP contribution in [0.15, 0.2) is 35.2 Å². The highest BCUT2D eigenvalue weighted by molar-refractivity contribution is 7.89. The van der Waals surface area contributed by atoms with Crippen LogP contribution in [-0.2, 0) is 29.1 Å². The first-order chi connectivity index (χ1) is 14.4. The Kier molecular flexibility index (Phi) is 8.19. The summed E-state index contributed by atoms with van der Waals surface area (Å²) in [6.07, 6.45) is 1.64. The van der Waals surface area contributed by atoms with Gasteiger partial charge in [0.25, 0.3) is 5.91 Å². The van der Waals surface area contributed by atoms with Crippen molar-refractivity contribution in [2.24, 2.45) is 0 Å². The van der Waals surface area contributed by atoms with E-state index in [0.29, 0.717) is 19.3 Å². The Balaban J connectivity index is 1.98. The fraction of sp³-hybridized carbons (Fsp3) is 0.571. The summed E-state index contributed by atoms with van der Waals surface area (Å²) in [6.45, 7) is 4.95. The molecule has 1 unspecified atom stereocenters. The third kappa shape index (κ3) is 7.03. The number of benzene rings is 1. The van der Waals surface area contributed by atoms with E-state index in [1.807, 2.05) is 20.8 Å². The van der Waals surface area contributed by atoms with Crippen LogP contribution < -0.4 is 5.32 Å². The van der Waals surface area contributed by atoms with Gasteiger partial charge in [0.05, 0.1) is 11.4 Å². The van der Waals surface area contributed by atoms with Crippen molar-refractivity contribution in [2.45, 2.75) is 56.5 Å². The van der Waals surface area contributed by atoms with Crippen LogP contribution in [0.25, 0.3) is 0 Å². The Morgan fingerprint density at radius 1 is 1.16 bits per heavy atom. The molecule has 172 valence electrons. The van der Waals surface area contributed by atoms with Gasteiger partial charge < -0.3 is 15.0 Å². The van der Waals surface area contributed by atoms with Crippen LogP contribution in [0.2, 0.25) is 0 Å². The van der Waals surface area contributed by atoms with Crippen LogP contribution in [-0.4, -0.2) is 73.7 Å². The summed E-state index contributed by atoms with van der Waals surface area (Å²) in [4.78, 5) is 38.1. The molecule has 31 heavy (non-hydrogen) atoms. The summed E-state index contributed by atoms with van der Waals surface area (Å²) >= 11 is 0. The molecular formula is C21H31N3O6S. The number of hydrogen-bond donors (Lipinski definition) is 1. The van der Waals surface area contributed by atoms with Crippen LogP contribution in [0.3, 0.4) is 0 Å². The molecule has 0 spiro atoms. The van der Waals surface area contributed by atoms with Crippen LogP contribution in [0, 0.1) is 0 Å². The minimum absolute atomic E-state index is 0.107. The molecule has 1 aromatic carbocycles. The van der Waals surface area contributed by atoms with E-state index in [-0.39, 0.29) is 23.9 Å². The normalized spacial score (nSPS) is 17.6.